The summed E-state index contributed by atoms with van der Waals surface area (Å²) < 4.78 is 5.51. The quantitative estimate of drug-likeness (QED) is 0.345. The lowest BCUT2D eigenvalue weighted by atomic mass is 10.2. The van der Waals surface area contributed by atoms with E-state index in [1.807, 2.05) is 19.1 Å². The highest BCUT2D eigenvalue weighted by Gasteiger charge is 2.11. The first kappa shape index (κ1) is 17.8. The summed E-state index contributed by atoms with van der Waals surface area (Å²) in [6.07, 6.45) is 6.55. The van der Waals surface area contributed by atoms with Gasteiger partial charge in [-0.2, -0.15) is 0 Å². The van der Waals surface area contributed by atoms with Crippen molar-refractivity contribution in [2.24, 2.45) is 4.99 Å². The molecular weight excluding hydrogens is 377 g/mol. The van der Waals surface area contributed by atoms with Gasteiger partial charge in [0.25, 0.3) is 0 Å². The summed E-state index contributed by atoms with van der Waals surface area (Å²) in [5, 5.41) is 6.76. The maximum Gasteiger partial charge on any atom is 0.191 e. The zero-order valence-corrected chi connectivity index (χ0v) is 15.0. The molecule has 4 nitrogen and oxygen atoms in total. The molecule has 116 valence electrons. The number of rotatable bonds is 5. The third-order valence-electron chi connectivity index (χ3n) is 3.24. The smallest absolute Gasteiger partial charge is 0.191 e. The predicted octanol–water partition coefficient (Wildman–Crippen LogP) is 3.09. The van der Waals surface area contributed by atoms with Crippen LogP contribution in [0, 0.1) is 0 Å². The topological polar surface area (TPSA) is 45.6 Å². The fourth-order valence-corrected chi connectivity index (χ4v) is 2.22. The van der Waals surface area contributed by atoms with E-state index in [4.69, 9.17) is 4.74 Å². The Morgan fingerprint density at radius 1 is 1.33 bits per heavy atom. The van der Waals surface area contributed by atoms with Crippen LogP contribution in [0.5, 0.6) is 5.75 Å². The average molecular weight is 401 g/mol. The van der Waals surface area contributed by atoms with Crippen LogP contribution in [-0.2, 0) is 6.54 Å². The van der Waals surface area contributed by atoms with Crippen LogP contribution in [0.15, 0.2) is 41.4 Å². The molecule has 0 heterocycles. The molecule has 5 heteroatoms. The molecule has 2 rings (SSSR count). The number of hydrogen-bond acceptors (Lipinski definition) is 2. The van der Waals surface area contributed by atoms with Gasteiger partial charge < -0.3 is 15.4 Å². The number of guanidine groups is 1. The predicted molar refractivity (Wildman–Crippen MR) is 98.5 cm³/mol. The van der Waals surface area contributed by atoms with E-state index >= 15 is 0 Å². The molecule has 0 bridgehead atoms. The number of aliphatic imine (C=N–C) groups is 1. The van der Waals surface area contributed by atoms with Crippen LogP contribution in [0.4, 0.5) is 0 Å². The number of nitrogens with one attached hydrogen (secondary N) is 2. The van der Waals surface area contributed by atoms with Crippen LogP contribution in [0.3, 0.4) is 0 Å². The first-order valence-corrected chi connectivity index (χ1v) is 7.15. The van der Waals surface area contributed by atoms with E-state index < -0.39 is 0 Å². The Balaban J connectivity index is 0.00000220. The summed E-state index contributed by atoms with van der Waals surface area (Å²) >= 11 is 0. The third kappa shape index (κ3) is 5.95. The number of nitrogens with zero attached hydrogens (tertiary/aromatic N) is 1. The van der Waals surface area contributed by atoms with Crippen molar-refractivity contribution in [3.63, 3.8) is 0 Å². The van der Waals surface area contributed by atoms with E-state index in [1.165, 1.54) is 5.56 Å². The van der Waals surface area contributed by atoms with E-state index in [2.05, 4.69) is 39.9 Å². The van der Waals surface area contributed by atoms with E-state index in [9.17, 15) is 0 Å². The maximum absolute atomic E-state index is 5.51. The van der Waals surface area contributed by atoms with Crippen LogP contribution >= 0.6 is 24.0 Å². The Kier molecular flexibility index (Phi) is 8.19. The molecule has 0 saturated carbocycles. The van der Waals surface area contributed by atoms with Crippen molar-refractivity contribution in [2.75, 3.05) is 13.7 Å². The minimum atomic E-state index is 0. The van der Waals surface area contributed by atoms with Crippen LogP contribution < -0.4 is 15.4 Å². The van der Waals surface area contributed by atoms with Crippen LogP contribution in [0.1, 0.15) is 25.3 Å². The van der Waals surface area contributed by atoms with E-state index in [0.717, 1.165) is 31.1 Å². The fraction of sp³-hybridized carbons (Fsp3) is 0.438. The molecule has 1 aliphatic rings. The summed E-state index contributed by atoms with van der Waals surface area (Å²) in [6.45, 7) is 3.42. The minimum Gasteiger partial charge on any atom is -0.494 e. The Morgan fingerprint density at radius 3 is 2.76 bits per heavy atom. The monoisotopic (exact) mass is 401 g/mol. The van der Waals surface area contributed by atoms with Gasteiger partial charge in [0, 0.05) is 19.6 Å². The molecule has 1 aromatic carbocycles. The number of benzene rings is 1. The Bertz CT molecular complexity index is 480. The van der Waals surface area contributed by atoms with Crippen molar-refractivity contribution >= 4 is 29.9 Å². The molecular formula is C16H24IN3O. The first-order chi connectivity index (χ1) is 9.81. The van der Waals surface area contributed by atoms with Gasteiger partial charge in [0.05, 0.1) is 6.61 Å². The van der Waals surface area contributed by atoms with E-state index in [-0.39, 0.29) is 24.0 Å². The van der Waals surface area contributed by atoms with Crippen LogP contribution in [-0.4, -0.2) is 25.7 Å². The molecule has 1 aliphatic carbocycles. The highest BCUT2D eigenvalue weighted by Crippen LogP contribution is 2.13. The molecule has 0 aromatic heterocycles. The summed E-state index contributed by atoms with van der Waals surface area (Å²) in [6, 6.07) is 8.60. The van der Waals surface area contributed by atoms with Gasteiger partial charge in [-0.25, -0.2) is 0 Å². The second-order valence-corrected chi connectivity index (χ2v) is 4.79. The molecule has 0 fully saturated rings. The maximum atomic E-state index is 5.51. The number of hydrogen-bond donors (Lipinski definition) is 2. The minimum absolute atomic E-state index is 0. The largest absolute Gasteiger partial charge is 0.494 e. The molecule has 0 atom stereocenters. The van der Waals surface area contributed by atoms with Crippen molar-refractivity contribution in [3.05, 3.63) is 42.0 Å². The molecule has 0 saturated heterocycles. The number of halogens is 1. The standard InChI is InChI=1S/C16H23N3O.HI/c1-3-20-15-10-6-7-13(11-15)12-18-16(17-2)19-14-8-4-5-9-14;/h4-7,10-11,14H,3,8-9,12H2,1-2H3,(H2,17,18,19);1H. The molecule has 0 spiro atoms. The van der Waals surface area contributed by atoms with Gasteiger partial charge in [0.1, 0.15) is 5.75 Å². The van der Waals surface area contributed by atoms with Gasteiger partial charge in [-0.1, -0.05) is 24.3 Å². The Labute approximate surface area is 144 Å². The molecule has 2 N–H and O–H groups in total. The fourth-order valence-electron chi connectivity index (χ4n) is 2.22. The lowest BCUT2D eigenvalue weighted by molar-refractivity contribution is 0.340. The van der Waals surface area contributed by atoms with Crippen molar-refractivity contribution in [1.29, 1.82) is 0 Å². The highest BCUT2D eigenvalue weighted by molar-refractivity contribution is 14.0. The summed E-state index contributed by atoms with van der Waals surface area (Å²) in [5.41, 5.74) is 1.18. The SMILES string of the molecule is CCOc1cccc(CNC(=NC)NC2CC=CC2)c1.I. The molecule has 0 radical (unpaired) electrons. The van der Waals surface area contributed by atoms with Gasteiger partial charge in [-0.15, -0.1) is 24.0 Å². The Morgan fingerprint density at radius 2 is 2.10 bits per heavy atom. The first-order valence-electron chi connectivity index (χ1n) is 7.15. The Hall–Kier alpha value is -1.24. The molecule has 0 amide bonds. The lowest BCUT2D eigenvalue weighted by Crippen LogP contribution is -2.42. The lowest BCUT2D eigenvalue weighted by Gasteiger charge is -2.17. The highest BCUT2D eigenvalue weighted by atomic mass is 127. The van der Waals surface area contributed by atoms with Crippen LogP contribution in [0.25, 0.3) is 0 Å². The van der Waals surface area contributed by atoms with Gasteiger partial charge in [0.2, 0.25) is 0 Å². The number of ether oxygens (including phenoxy) is 1. The van der Waals surface area contributed by atoms with Gasteiger partial charge in [-0.3, -0.25) is 4.99 Å². The second-order valence-electron chi connectivity index (χ2n) is 4.79. The van der Waals surface area contributed by atoms with Crippen molar-refractivity contribution in [3.8, 4) is 5.75 Å². The summed E-state index contributed by atoms with van der Waals surface area (Å²) in [5.74, 6) is 1.76. The van der Waals surface area contributed by atoms with E-state index in [0.29, 0.717) is 12.6 Å². The van der Waals surface area contributed by atoms with Crippen molar-refractivity contribution < 1.29 is 4.74 Å². The third-order valence-corrected chi connectivity index (χ3v) is 3.24. The van der Waals surface area contributed by atoms with Gasteiger partial charge >= 0.3 is 0 Å². The molecule has 0 unspecified atom stereocenters. The molecule has 0 aliphatic heterocycles. The van der Waals surface area contributed by atoms with Gasteiger partial charge in [0.15, 0.2) is 5.96 Å². The zero-order chi connectivity index (χ0) is 14.2. The van der Waals surface area contributed by atoms with E-state index in [1.54, 1.807) is 7.05 Å². The zero-order valence-electron chi connectivity index (χ0n) is 12.6. The summed E-state index contributed by atoms with van der Waals surface area (Å²) in [4.78, 5) is 4.26. The van der Waals surface area contributed by atoms with Crippen molar-refractivity contribution in [2.45, 2.75) is 32.4 Å². The second kappa shape index (κ2) is 9.65. The summed E-state index contributed by atoms with van der Waals surface area (Å²) in [7, 11) is 1.80. The van der Waals surface area contributed by atoms with Gasteiger partial charge in [-0.05, 0) is 37.5 Å². The normalized spacial score (nSPS) is 14.7. The average Bonchev–Trinajstić information content (AvgIpc) is 2.97. The van der Waals surface area contributed by atoms with Crippen molar-refractivity contribution in [1.82, 2.24) is 10.6 Å². The molecule has 21 heavy (non-hydrogen) atoms. The van der Waals surface area contributed by atoms with Crippen LogP contribution in [0.2, 0.25) is 0 Å². The molecule has 1 aromatic rings.